The minimum atomic E-state index is 0.623. The van der Waals surface area contributed by atoms with E-state index in [0.717, 1.165) is 50.9 Å². The lowest BCUT2D eigenvalue weighted by atomic mass is 10.2. The second-order valence-electron chi connectivity index (χ2n) is 6.41. The molecule has 0 spiro atoms. The molecule has 1 aliphatic heterocycles. The van der Waals surface area contributed by atoms with E-state index in [1.54, 1.807) is 0 Å². The molecule has 5 nitrogen and oxygen atoms in total. The number of aromatic nitrogens is 1. The molecule has 26 heavy (non-hydrogen) atoms. The fraction of sp³-hybridized carbons (Fsp3) is 0.474. The highest BCUT2D eigenvalue weighted by Gasteiger charge is 2.20. The Balaban J connectivity index is 1.57. The summed E-state index contributed by atoms with van der Waals surface area (Å²) in [6, 6.07) is 8.40. The molecule has 1 fully saturated rings. The summed E-state index contributed by atoms with van der Waals surface area (Å²) in [5.41, 5.74) is 2.24. The van der Waals surface area contributed by atoms with Gasteiger partial charge in [-0.25, -0.2) is 4.99 Å². The van der Waals surface area contributed by atoms with Gasteiger partial charge in [0.05, 0.1) is 16.0 Å². The average Bonchev–Trinajstić information content (AvgIpc) is 3.05. The molecule has 1 saturated heterocycles. The fourth-order valence-electron chi connectivity index (χ4n) is 3.03. The predicted octanol–water partition coefficient (Wildman–Crippen LogP) is 3.50. The van der Waals surface area contributed by atoms with Gasteiger partial charge in [0.1, 0.15) is 0 Å². The number of thiophene rings is 1. The molecule has 2 aromatic rings. The van der Waals surface area contributed by atoms with Crippen LogP contribution < -0.4 is 5.32 Å². The van der Waals surface area contributed by atoms with Crippen molar-refractivity contribution in [3.8, 4) is 0 Å². The number of nitrogens with zero attached hydrogens (tertiary/aromatic N) is 4. The SMILES string of the molecule is CCNC(=NCc1ncccc1C)N1CCN(Cc2ccc(Br)s2)CC1. The summed E-state index contributed by atoms with van der Waals surface area (Å²) in [5, 5.41) is 3.44. The van der Waals surface area contributed by atoms with Crippen LogP contribution in [0.5, 0.6) is 0 Å². The normalized spacial score (nSPS) is 16.1. The van der Waals surface area contributed by atoms with Gasteiger partial charge in [0.15, 0.2) is 5.96 Å². The van der Waals surface area contributed by atoms with E-state index >= 15 is 0 Å². The minimum absolute atomic E-state index is 0.623. The monoisotopic (exact) mass is 435 g/mol. The Kier molecular flexibility index (Phi) is 7.05. The maximum atomic E-state index is 4.83. The van der Waals surface area contributed by atoms with Crippen LogP contribution in [-0.4, -0.2) is 53.5 Å². The van der Waals surface area contributed by atoms with Gasteiger partial charge in [0, 0.05) is 50.3 Å². The second-order valence-corrected chi connectivity index (χ2v) is 8.95. The Morgan fingerprint density at radius 1 is 1.27 bits per heavy atom. The van der Waals surface area contributed by atoms with Gasteiger partial charge in [-0.3, -0.25) is 9.88 Å². The number of hydrogen-bond acceptors (Lipinski definition) is 4. The molecular weight excluding hydrogens is 410 g/mol. The summed E-state index contributed by atoms with van der Waals surface area (Å²) < 4.78 is 1.21. The van der Waals surface area contributed by atoms with Crippen LogP contribution in [-0.2, 0) is 13.1 Å². The van der Waals surface area contributed by atoms with Crippen molar-refractivity contribution in [2.75, 3.05) is 32.7 Å². The number of nitrogens with one attached hydrogen (secondary N) is 1. The first kappa shape index (κ1) is 19.3. The summed E-state index contributed by atoms with van der Waals surface area (Å²) in [4.78, 5) is 15.6. The van der Waals surface area contributed by atoms with E-state index in [-0.39, 0.29) is 0 Å². The molecule has 0 radical (unpaired) electrons. The third-order valence-corrected chi connectivity index (χ3v) is 6.12. The summed E-state index contributed by atoms with van der Waals surface area (Å²) in [7, 11) is 0. The molecular formula is C19H26BrN5S. The van der Waals surface area contributed by atoms with Crippen LogP contribution in [0.25, 0.3) is 0 Å². The molecule has 1 aliphatic rings. The van der Waals surface area contributed by atoms with Crippen LogP contribution in [0.15, 0.2) is 39.2 Å². The van der Waals surface area contributed by atoms with Crippen LogP contribution >= 0.6 is 27.3 Å². The summed E-state index contributed by atoms with van der Waals surface area (Å²) in [6.45, 7) is 10.9. The first-order chi connectivity index (χ1) is 12.7. The van der Waals surface area contributed by atoms with Gasteiger partial charge in [-0.2, -0.15) is 0 Å². The molecule has 140 valence electrons. The van der Waals surface area contributed by atoms with Crippen molar-refractivity contribution in [2.24, 2.45) is 4.99 Å². The lowest BCUT2D eigenvalue weighted by Crippen LogP contribution is -2.52. The third-order valence-electron chi connectivity index (χ3n) is 4.51. The molecule has 0 saturated carbocycles. The average molecular weight is 436 g/mol. The smallest absolute Gasteiger partial charge is 0.194 e. The van der Waals surface area contributed by atoms with E-state index in [9.17, 15) is 0 Å². The number of halogens is 1. The minimum Gasteiger partial charge on any atom is -0.357 e. The molecule has 0 atom stereocenters. The van der Waals surface area contributed by atoms with E-state index in [2.05, 4.69) is 68.1 Å². The lowest BCUT2D eigenvalue weighted by molar-refractivity contribution is 0.173. The van der Waals surface area contributed by atoms with Crippen molar-refractivity contribution < 1.29 is 0 Å². The second kappa shape index (κ2) is 9.48. The Labute approximate surface area is 168 Å². The number of aryl methyl sites for hydroxylation is 1. The van der Waals surface area contributed by atoms with Crippen LogP contribution in [0, 0.1) is 6.92 Å². The summed E-state index contributed by atoms with van der Waals surface area (Å²) >= 11 is 5.37. The maximum absolute atomic E-state index is 4.83. The third kappa shape index (κ3) is 5.28. The van der Waals surface area contributed by atoms with Gasteiger partial charge in [-0.05, 0) is 53.5 Å². The van der Waals surface area contributed by atoms with Gasteiger partial charge in [-0.1, -0.05) is 6.07 Å². The highest BCUT2D eigenvalue weighted by molar-refractivity contribution is 9.11. The lowest BCUT2D eigenvalue weighted by Gasteiger charge is -2.36. The summed E-state index contributed by atoms with van der Waals surface area (Å²) in [6.07, 6.45) is 1.84. The molecule has 2 aromatic heterocycles. The Morgan fingerprint density at radius 3 is 2.73 bits per heavy atom. The van der Waals surface area contributed by atoms with Gasteiger partial charge in [0.2, 0.25) is 0 Å². The van der Waals surface area contributed by atoms with Gasteiger partial charge >= 0.3 is 0 Å². The van der Waals surface area contributed by atoms with Gasteiger partial charge < -0.3 is 10.2 Å². The Morgan fingerprint density at radius 2 is 2.08 bits per heavy atom. The zero-order chi connectivity index (χ0) is 18.4. The van der Waals surface area contributed by atoms with E-state index in [1.165, 1.54) is 14.2 Å². The standard InChI is InChI=1S/C19H26BrN5S/c1-3-21-19(23-13-17-15(2)5-4-8-22-17)25-11-9-24(10-12-25)14-16-6-7-18(20)26-16/h4-8H,3,9-14H2,1-2H3,(H,21,23). The quantitative estimate of drug-likeness (QED) is 0.576. The van der Waals surface area contributed by atoms with Crippen molar-refractivity contribution in [3.63, 3.8) is 0 Å². The number of rotatable bonds is 5. The van der Waals surface area contributed by atoms with Crippen molar-refractivity contribution >= 4 is 33.2 Å². The molecule has 3 heterocycles. The van der Waals surface area contributed by atoms with Crippen molar-refractivity contribution in [1.29, 1.82) is 0 Å². The Bertz CT molecular complexity index is 737. The summed E-state index contributed by atoms with van der Waals surface area (Å²) in [5.74, 6) is 0.996. The first-order valence-electron chi connectivity index (χ1n) is 9.06. The molecule has 0 amide bonds. The molecule has 3 rings (SSSR count). The molecule has 0 bridgehead atoms. The zero-order valence-electron chi connectivity index (χ0n) is 15.4. The Hall–Kier alpha value is -1.44. The molecule has 0 unspecified atom stereocenters. The number of piperazine rings is 1. The van der Waals surface area contributed by atoms with E-state index in [0.29, 0.717) is 6.54 Å². The number of pyridine rings is 1. The van der Waals surface area contributed by atoms with Crippen LogP contribution in [0.4, 0.5) is 0 Å². The van der Waals surface area contributed by atoms with Crippen LogP contribution in [0.1, 0.15) is 23.1 Å². The highest BCUT2D eigenvalue weighted by atomic mass is 79.9. The van der Waals surface area contributed by atoms with E-state index in [1.807, 2.05) is 23.6 Å². The fourth-order valence-corrected chi connectivity index (χ4v) is 4.56. The van der Waals surface area contributed by atoms with Gasteiger partial charge in [0.25, 0.3) is 0 Å². The number of hydrogen-bond donors (Lipinski definition) is 1. The van der Waals surface area contributed by atoms with E-state index < -0.39 is 0 Å². The van der Waals surface area contributed by atoms with E-state index in [4.69, 9.17) is 4.99 Å². The maximum Gasteiger partial charge on any atom is 0.194 e. The molecule has 0 aromatic carbocycles. The predicted molar refractivity (Wildman–Crippen MR) is 113 cm³/mol. The molecule has 1 N–H and O–H groups in total. The van der Waals surface area contributed by atoms with Gasteiger partial charge in [-0.15, -0.1) is 11.3 Å². The van der Waals surface area contributed by atoms with Crippen molar-refractivity contribution in [2.45, 2.75) is 26.9 Å². The largest absolute Gasteiger partial charge is 0.357 e. The number of guanidine groups is 1. The highest BCUT2D eigenvalue weighted by Crippen LogP contribution is 2.23. The van der Waals surface area contributed by atoms with Crippen LogP contribution in [0.2, 0.25) is 0 Å². The van der Waals surface area contributed by atoms with Crippen molar-refractivity contribution in [1.82, 2.24) is 20.1 Å². The number of aliphatic imine (C=N–C) groups is 1. The zero-order valence-corrected chi connectivity index (χ0v) is 17.8. The molecule has 0 aliphatic carbocycles. The van der Waals surface area contributed by atoms with Crippen LogP contribution in [0.3, 0.4) is 0 Å². The topological polar surface area (TPSA) is 43.8 Å². The first-order valence-corrected chi connectivity index (χ1v) is 10.7. The molecule has 7 heteroatoms. The van der Waals surface area contributed by atoms with Crippen molar-refractivity contribution in [3.05, 3.63) is 50.4 Å².